The van der Waals surface area contributed by atoms with E-state index in [1.165, 1.54) is 24.5 Å². The Bertz CT molecular complexity index is 1150. The summed E-state index contributed by atoms with van der Waals surface area (Å²) in [5.74, 6) is -0.263. The molecule has 30 heavy (non-hydrogen) atoms. The second-order valence-electron chi connectivity index (χ2n) is 7.16. The Balaban J connectivity index is 0.00000320. The van der Waals surface area contributed by atoms with Crippen LogP contribution in [-0.2, 0) is 23.0 Å². The summed E-state index contributed by atoms with van der Waals surface area (Å²) < 4.78 is 41.8. The van der Waals surface area contributed by atoms with Crippen molar-refractivity contribution in [2.24, 2.45) is 5.73 Å². The number of para-hydroxylation sites is 1. The maximum absolute atomic E-state index is 14.2. The molecule has 2 N–H and O–H groups in total. The van der Waals surface area contributed by atoms with Gasteiger partial charge in [-0.2, -0.15) is 0 Å². The highest BCUT2D eigenvalue weighted by molar-refractivity contribution is 7.89. The third kappa shape index (κ3) is 4.75. The summed E-state index contributed by atoms with van der Waals surface area (Å²) in [6, 6.07) is 14.8. The SMILES string of the molecule is Cc1c(Cc2ccc(S(=O)(=O)N(C)C)cc2)c2ccccc2n1CC(F)=CCN.Cl. The van der Waals surface area contributed by atoms with Crippen molar-refractivity contribution in [3.05, 3.63) is 77.3 Å². The molecule has 0 aliphatic heterocycles. The zero-order valence-corrected chi connectivity index (χ0v) is 18.9. The molecule has 0 fully saturated rings. The van der Waals surface area contributed by atoms with Gasteiger partial charge in [0, 0.05) is 37.2 Å². The number of benzene rings is 2. The van der Waals surface area contributed by atoms with Crippen LogP contribution >= 0.6 is 12.4 Å². The van der Waals surface area contributed by atoms with Crippen molar-refractivity contribution in [2.75, 3.05) is 20.6 Å². The second kappa shape index (κ2) is 9.75. The fourth-order valence-corrected chi connectivity index (χ4v) is 4.37. The predicted octanol–water partition coefficient (Wildman–Crippen LogP) is 4.02. The Hall–Kier alpha value is -2.19. The van der Waals surface area contributed by atoms with Gasteiger partial charge in [0.05, 0.1) is 11.4 Å². The van der Waals surface area contributed by atoms with Gasteiger partial charge >= 0.3 is 0 Å². The molecule has 0 spiro atoms. The van der Waals surface area contributed by atoms with Gasteiger partial charge in [0.25, 0.3) is 0 Å². The molecule has 0 bridgehead atoms. The molecular weight excluding hydrogens is 425 g/mol. The smallest absolute Gasteiger partial charge is 0.242 e. The van der Waals surface area contributed by atoms with Gasteiger partial charge in [-0.1, -0.05) is 30.3 Å². The van der Waals surface area contributed by atoms with Crippen LogP contribution in [0.1, 0.15) is 16.8 Å². The minimum Gasteiger partial charge on any atom is -0.338 e. The molecule has 0 unspecified atom stereocenters. The molecule has 0 atom stereocenters. The summed E-state index contributed by atoms with van der Waals surface area (Å²) in [5, 5.41) is 1.07. The maximum atomic E-state index is 14.2. The highest BCUT2D eigenvalue weighted by Crippen LogP contribution is 2.29. The Morgan fingerprint density at radius 2 is 1.77 bits per heavy atom. The molecule has 0 radical (unpaired) electrons. The van der Waals surface area contributed by atoms with Crippen LogP contribution in [0.25, 0.3) is 10.9 Å². The van der Waals surface area contributed by atoms with Gasteiger partial charge in [0.15, 0.2) is 0 Å². The van der Waals surface area contributed by atoms with Crippen molar-refractivity contribution in [3.63, 3.8) is 0 Å². The number of sulfonamides is 1. The molecule has 162 valence electrons. The number of rotatable bonds is 7. The Labute approximate surface area is 183 Å². The first kappa shape index (κ1) is 24.1. The van der Waals surface area contributed by atoms with Crippen LogP contribution in [0.15, 0.2) is 65.3 Å². The Morgan fingerprint density at radius 1 is 1.13 bits per heavy atom. The van der Waals surface area contributed by atoms with Crippen molar-refractivity contribution >= 4 is 33.3 Å². The zero-order valence-electron chi connectivity index (χ0n) is 17.3. The van der Waals surface area contributed by atoms with Crippen LogP contribution in [0, 0.1) is 6.92 Å². The molecule has 0 amide bonds. The summed E-state index contributed by atoms with van der Waals surface area (Å²) in [6.07, 6.45) is 2.02. The Morgan fingerprint density at radius 3 is 2.37 bits per heavy atom. The van der Waals surface area contributed by atoms with Crippen molar-refractivity contribution in [1.29, 1.82) is 0 Å². The lowest BCUT2D eigenvalue weighted by atomic mass is 10.0. The van der Waals surface area contributed by atoms with E-state index in [9.17, 15) is 12.8 Å². The number of aromatic nitrogens is 1. The first-order valence-corrected chi connectivity index (χ1v) is 10.8. The molecule has 3 rings (SSSR count). The third-order valence-corrected chi connectivity index (χ3v) is 6.92. The van der Waals surface area contributed by atoms with Gasteiger partial charge < -0.3 is 10.3 Å². The van der Waals surface area contributed by atoms with Gasteiger partial charge in [-0.25, -0.2) is 17.1 Å². The lowest BCUT2D eigenvalue weighted by Gasteiger charge is -2.12. The lowest BCUT2D eigenvalue weighted by Crippen LogP contribution is -2.22. The topological polar surface area (TPSA) is 68.3 Å². The highest BCUT2D eigenvalue weighted by Gasteiger charge is 2.18. The van der Waals surface area contributed by atoms with Gasteiger partial charge in [-0.15, -0.1) is 12.4 Å². The van der Waals surface area contributed by atoms with Crippen LogP contribution in [0.3, 0.4) is 0 Å². The molecule has 0 saturated carbocycles. The fourth-order valence-electron chi connectivity index (χ4n) is 3.47. The van der Waals surface area contributed by atoms with Crippen LogP contribution < -0.4 is 5.73 Å². The molecule has 0 aliphatic carbocycles. The van der Waals surface area contributed by atoms with Crippen molar-refractivity contribution in [3.8, 4) is 0 Å². The first-order valence-electron chi connectivity index (χ1n) is 9.38. The zero-order chi connectivity index (χ0) is 21.2. The number of hydrogen-bond acceptors (Lipinski definition) is 3. The number of nitrogens with two attached hydrogens (primary N) is 1. The lowest BCUT2D eigenvalue weighted by molar-refractivity contribution is 0.520. The largest absolute Gasteiger partial charge is 0.338 e. The first-order chi connectivity index (χ1) is 13.8. The van der Waals surface area contributed by atoms with E-state index >= 15 is 0 Å². The van der Waals surface area contributed by atoms with E-state index in [1.54, 1.807) is 12.1 Å². The van der Waals surface area contributed by atoms with Crippen molar-refractivity contribution in [1.82, 2.24) is 8.87 Å². The van der Waals surface area contributed by atoms with Crippen LogP contribution in [0.2, 0.25) is 0 Å². The molecule has 1 heterocycles. The number of nitrogens with zero attached hydrogens (tertiary/aromatic N) is 2. The molecule has 2 aromatic carbocycles. The van der Waals surface area contributed by atoms with Crippen molar-refractivity contribution < 1.29 is 12.8 Å². The molecule has 3 aromatic rings. The fraction of sp³-hybridized carbons (Fsp3) is 0.273. The Kier molecular flexibility index (Phi) is 7.82. The monoisotopic (exact) mass is 451 g/mol. The quantitative estimate of drug-likeness (QED) is 0.589. The van der Waals surface area contributed by atoms with Gasteiger partial charge in [0.1, 0.15) is 5.83 Å². The van der Waals surface area contributed by atoms with E-state index in [0.717, 1.165) is 27.7 Å². The maximum Gasteiger partial charge on any atom is 0.242 e. The molecule has 8 heteroatoms. The van der Waals surface area contributed by atoms with E-state index in [2.05, 4.69) is 0 Å². The van der Waals surface area contributed by atoms with Gasteiger partial charge in [-0.3, -0.25) is 0 Å². The predicted molar refractivity (Wildman–Crippen MR) is 122 cm³/mol. The van der Waals surface area contributed by atoms with E-state index in [-0.39, 0.29) is 36.2 Å². The molecule has 0 aliphatic rings. The van der Waals surface area contributed by atoms with Gasteiger partial charge in [0.2, 0.25) is 10.0 Å². The normalized spacial score (nSPS) is 12.4. The minimum atomic E-state index is -3.45. The highest BCUT2D eigenvalue weighted by atomic mass is 35.5. The molecule has 1 aromatic heterocycles. The summed E-state index contributed by atoms with van der Waals surface area (Å²) in [4.78, 5) is 0.263. The second-order valence-corrected chi connectivity index (χ2v) is 9.31. The van der Waals surface area contributed by atoms with Crippen LogP contribution in [-0.4, -0.2) is 37.9 Å². The van der Waals surface area contributed by atoms with Crippen LogP contribution in [0.4, 0.5) is 4.39 Å². The van der Waals surface area contributed by atoms with E-state index < -0.39 is 10.0 Å². The van der Waals surface area contributed by atoms with E-state index in [0.29, 0.717) is 6.42 Å². The number of allylic oxidation sites excluding steroid dienone is 1. The average Bonchev–Trinajstić information content (AvgIpc) is 2.94. The van der Waals surface area contributed by atoms with Gasteiger partial charge in [-0.05, 0) is 48.7 Å². The standard InChI is InChI=1S/C22H26FN3O2S.ClH/c1-16-21(14-17-8-10-19(11-9-17)29(27,28)25(2)3)20-6-4-5-7-22(20)26(16)15-18(23)12-13-24;/h4-12H,13-15,24H2,1-3H3;1H. The third-order valence-electron chi connectivity index (χ3n) is 5.09. The average molecular weight is 452 g/mol. The summed E-state index contributed by atoms with van der Waals surface area (Å²) in [7, 11) is -0.426. The minimum absolute atomic E-state index is 0. The molecular formula is C22H27ClFN3O2S. The van der Waals surface area contributed by atoms with E-state index in [1.807, 2.05) is 47.9 Å². The number of halogens is 2. The number of hydrogen-bond donors (Lipinski definition) is 1. The summed E-state index contributed by atoms with van der Waals surface area (Å²) >= 11 is 0. The summed E-state index contributed by atoms with van der Waals surface area (Å²) in [5.41, 5.74) is 9.47. The summed E-state index contributed by atoms with van der Waals surface area (Å²) in [6.45, 7) is 2.29. The number of fused-ring (bicyclic) bond motifs is 1. The molecule has 0 saturated heterocycles. The molecule has 5 nitrogen and oxygen atoms in total. The van der Waals surface area contributed by atoms with Crippen LogP contribution in [0.5, 0.6) is 0 Å². The van der Waals surface area contributed by atoms with Crippen molar-refractivity contribution in [2.45, 2.75) is 24.8 Å². The van der Waals surface area contributed by atoms with E-state index in [4.69, 9.17) is 5.73 Å².